The van der Waals surface area contributed by atoms with Gasteiger partial charge in [0, 0.05) is 12.6 Å². The van der Waals surface area contributed by atoms with Crippen molar-refractivity contribution in [2.24, 2.45) is 0 Å². The van der Waals surface area contributed by atoms with Crippen LogP contribution in [0.25, 0.3) is 0 Å². The second kappa shape index (κ2) is 9.55. The molecule has 3 aromatic heterocycles. The first-order chi connectivity index (χ1) is 14.7. The number of carbonyl (C=O) groups excluding carboxylic acids is 1. The summed E-state index contributed by atoms with van der Waals surface area (Å²) in [5.74, 6) is 2.66. The summed E-state index contributed by atoms with van der Waals surface area (Å²) in [7, 11) is 0. The molecule has 1 N–H and O–H groups in total. The first-order valence-corrected chi connectivity index (χ1v) is 11.0. The van der Waals surface area contributed by atoms with Gasteiger partial charge in [0.15, 0.2) is 5.13 Å². The van der Waals surface area contributed by atoms with E-state index in [-0.39, 0.29) is 11.8 Å². The van der Waals surface area contributed by atoms with Crippen molar-refractivity contribution in [2.75, 3.05) is 5.32 Å². The van der Waals surface area contributed by atoms with E-state index in [0.717, 1.165) is 16.4 Å². The molecule has 0 aliphatic rings. The number of hydrogen-bond acceptors (Lipinski definition) is 8. The maximum absolute atomic E-state index is 12.8. The van der Waals surface area contributed by atoms with Gasteiger partial charge in [0.1, 0.15) is 17.1 Å². The zero-order valence-electron chi connectivity index (χ0n) is 16.1. The topological polar surface area (TPSA) is 90.1 Å². The monoisotopic (exact) mass is 438 g/mol. The number of oxazole rings is 1. The molecule has 0 fully saturated rings. The molecule has 1 amide bonds. The van der Waals surface area contributed by atoms with Crippen LogP contribution in [0.2, 0.25) is 0 Å². The van der Waals surface area contributed by atoms with Crippen molar-refractivity contribution in [3.8, 4) is 11.6 Å². The maximum Gasteiger partial charge on any atom is 0.262 e. The van der Waals surface area contributed by atoms with Crippen LogP contribution < -0.4 is 10.1 Å². The van der Waals surface area contributed by atoms with Gasteiger partial charge in [0.2, 0.25) is 11.8 Å². The third kappa shape index (κ3) is 5.05. The Morgan fingerprint density at radius 1 is 1.13 bits per heavy atom. The number of nitrogens with one attached hydrogen (secondary N) is 1. The van der Waals surface area contributed by atoms with E-state index >= 15 is 0 Å². The largest absolute Gasteiger partial charge is 0.445 e. The van der Waals surface area contributed by atoms with Crippen molar-refractivity contribution >= 4 is 34.1 Å². The van der Waals surface area contributed by atoms with E-state index in [4.69, 9.17) is 9.15 Å². The molecule has 0 bridgehead atoms. The van der Waals surface area contributed by atoms with Crippen LogP contribution in [0.1, 0.15) is 28.9 Å². The van der Waals surface area contributed by atoms with Crippen molar-refractivity contribution in [1.29, 1.82) is 0 Å². The van der Waals surface area contributed by atoms with E-state index in [1.54, 1.807) is 54.6 Å². The smallest absolute Gasteiger partial charge is 0.262 e. The number of aromatic nitrogens is 3. The van der Waals surface area contributed by atoms with Gasteiger partial charge >= 0.3 is 0 Å². The van der Waals surface area contributed by atoms with Crippen molar-refractivity contribution in [2.45, 2.75) is 23.3 Å². The number of pyridine rings is 1. The van der Waals surface area contributed by atoms with Crippen LogP contribution in [0.3, 0.4) is 0 Å². The number of thioether (sulfide) groups is 1. The molecule has 0 saturated heterocycles. The first-order valence-electron chi connectivity index (χ1n) is 9.22. The van der Waals surface area contributed by atoms with Gasteiger partial charge in [-0.2, -0.15) is 0 Å². The number of aryl methyl sites for hydroxylation is 1. The third-order valence-corrected chi connectivity index (χ3v) is 6.06. The lowest BCUT2D eigenvalue weighted by Gasteiger charge is -2.09. The van der Waals surface area contributed by atoms with Crippen LogP contribution in [0.5, 0.6) is 11.6 Å². The molecule has 30 heavy (non-hydrogen) atoms. The molecule has 1 aromatic carbocycles. The summed E-state index contributed by atoms with van der Waals surface area (Å²) >= 11 is 2.94. The second-order valence-corrected chi connectivity index (χ2v) is 8.38. The highest BCUT2D eigenvalue weighted by molar-refractivity contribution is 8.00. The summed E-state index contributed by atoms with van der Waals surface area (Å²) in [6.07, 6.45) is 5.87. The molecular weight excluding hydrogens is 420 g/mol. The number of rotatable bonds is 8. The Bertz CT molecular complexity index is 1130. The molecule has 0 unspecified atom stereocenters. The van der Waals surface area contributed by atoms with Gasteiger partial charge in [-0.25, -0.2) is 15.0 Å². The summed E-state index contributed by atoms with van der Waals surface area (Å²) < 4.78 is 12.3. The first kappa shape index (κ1) is 20.1. The number of carbonyl (C=O) groups is 1. The van der Waals surface area contributed by atoms with E-state index in [9.17, 15) is 4.79 Å². The average molecular weight is 439 g/mol. The van der Waals surface area contributed by atoms with Crippen LogP contribution in [0, 0.1) is 0 Å². The summed E-state index contributed by atoms with van der Waals surface area (Å²) in [4.78, 5) is 25.5. The molecule has 0 saturated carbocycles. The van der Waals surface area contributed by atoms with Gasteiger partial charge in [-0.3, -0.25) is 10.1 Å². The molecule has 3 heterocycles. The minimum absolute atomic E-state index is 0.239. The van der Waals surface area contributed by atoms with E-state index in [1.165, 1.54) is 11.3 Å². The van der Waals surface area contributed by atoms with Gasteiger partial charge in [-0.15, -0.1) is 11.8 Å². The lowest BCUT2D eigenvalue weighted by atomic mass is 10.2. The number of thiazole rings is 1. The third-order valence-electron chi connectivity index (χ3n) is 3.97. The van der Waals surface area contributed by atoms with E-state index < -0.39 is 0 Å². The zero-order valence-corrected chi connectivity index (χ0v) is 17.7. The quantitative estimate of drug-likeness (QED) is 0.367. The fourth-order valence-electron chi connectivity index (χ4n) is 2.50. The molecule has 0 spiro atoms. The van der Waals surface area contributed by atoms with Crippen LogP contribution in [-0.2, 0) is 12.2 Å². The number of nitrogens with zero attached hydrogens (tertiary/aromatic N) is 3. The van der Waals surface area contributed by atoms with E-state index in [1.807, 2.05) is 25.1 Å². The van der Waals surface area contributed by atoms with Crippen molar-refractivity contribution < 1.29 is 13.9 Å². The van der Waals surface area contributed by atoms with Gasteiger partial charge in [-0.1, -0.05) is 36.5 Å². The number of para-hydroxylation sites is 1. The Morgan fingerprint density at radius 2 is 2.00 bits per heavy atom. The highest BCUT2D eigenvalue weighted by Crippen LogP contribution is 2.31. The van der Waals surface area contributed by atoms with Gasteiger partial charge in [0.05, 0.1) is 22.4 Å². The maximum atomic E-state index is 12.8. The number of benzene rings is 1. The fraction of sp³-hybridized carbons (Fsp3) is 0.143. The molecule has 0 aliphatic carbocycles. The summed E-state index contributed by atoms with van der Waals surface area (Å²) in [6, 6.07) is 12.6. The van der Waals surface area contributed by atoms with Crippen LogP contribution in [0.15, 0.2) is 69.7 Å². The van der Waals surface area contributed by atoms with Gasteiger partial charge < -0.3 is 9.15 Å². The Balaban J connectivity index is 1.40. The van der Waals surface area contributed by atoms with Crippen molar-refractivity contribution in [3.63, 3.8) is 0 Å². The average Bonchev–Trinajstić information content (AvgIpc) is 3.42. The molecule has 7 nitrogen and oxygen atoms in total. The summed E-state index contributed by atoms with van der Waals surface area (Å²) in [5, 5.41) is 3.31. The van der Waals surface area contributed by atoms with Crippen LogP contribution in [0.4, 0.5) is 5.13 Å². The SMILES string of the molecule is CCc1cnc(CSc2cnc(NC(=O)c3cccnc3Oc3ccccc3)s2)o1. The Labute approximate surface area is 181 Å². The Morgan fingerprint density at radius 3 is 2.80 bits per heavy atom. The molecule has 0 atom stereocenters. The molecular formula is C21H18N4O3S2. The highest BCUT2D eigenvalue weighted by Gasteiger charge is 2.16. The molecule has 9 heteroatoms. The van der Waals surface area contributed by atoms with Crippen molar-refractivity contribution in [3.05, 3.63) is 78.3 Å². The highest BCUT2D eigenvalue weighted by atomic mass is 32.2. The standard InChI is InChI=1S/C21H18N4O3S2/c1-2-14-11-23-17(27-14)13-29-18-12-24-21(30-18)25-19(26)16-9-6-10-22-20(16)28-15-7-4-3-5-8-15/h3-12H,2,13H2,1H3,(H,24,25,26). The predicted octanol–water partition coefficient (Wildman–Crippen LogP) is 5.43. The van der Waals surface area contributed by atoms with Gasteiger partial charge in [-0.05, 0) is 24.3 Å². The Hall–Kier alpha value is -3.17. The molecule has 4 rings (SSSR count). The van der Waals surface area contributed by atoms with Crippen LogP contribution in [-0.4, -0.2) is 20.9 Å². The normalized spacial score (nSPS) is 10.7. The van der Waals surface area contributed by atoms with Crippen LogP contribution >= 0.6 is 23.1 Å². The molecule has 0 aliphatic heterocycles. The number of anilines is 1. The molecule has 152 valence electrons. The number of hydrogen-bond donors (Lipinski definition) is 1. The lowest BCUT2D eigenvalue weighted by Crippen LogP contribution is -2.13. The summed E-state index contributed by atoms with van der Waals surface area (Å²) in [5.41, 5.74) is 0.331. The zero-order chi connectivity index (χ0) is 20.8. The molecule has 4 aromatic rings. The van der Waals surface area contributed by atoms with E-state index in [2.05, 4.69) is 20.3 Å². The Kier molecular flexibility index (Phi) is 6.41. The summed E-state index contributed by atoms with van der Waals surface area (Å²) in [6.45, 7) is 2.02. The minimum Gasteiger partial charge on any atom is -0.445 e. The number of ether oxygens (including phenoxy) is 1. The number of amides is 1. The lowest BCUT2D eigenvalue weighted by molar-refractivity contribution is 0.102. The van der Waals surface area contributed by atoms with Gasteiger partial charge in [0.25, 0.3) is 5.91 Å². The fourth-order valence-corrected chi connectivity index (χ4v) is 4.23. The second-order valence-electron chi connectivity index (χ2n) is 6.07. The van der Waals surface area contributed by atoms with E-state index in [0.29, 0.717) is 28.1 Å². The predicted molar refractivity (Wildman–Crippen MR) is 116 cm³/mol. The minimum atomic E-state index is -0.333. The van der Waals surface area contributed by atoms with Crippen molar-refractivity contribution in [1.82, 2.24) is 15.0 Å². The molecule has 0 radical (unpaired) electrons.